The minimum Gasteiger partial charge on any atom is -0.462 e. The molecule has 0 amide bonds. The number of carbonyl (C=O) groups excluding carboxylic acids is 1. The van der Waals surface area contributed by atoms with E-state index in [1.165, 1.54) is 5.56 Å². The predicted molar refractivity (Wildman–Crippen MR) is 65.7 cm³/mol. The van der Waals surface area contributed by atoms with Crippen molar-refractivity contribution in [3.05, 3.63) is 29.8 Å². The number of hydrogen-bond donors (Lipinski definition) is 0. The van der Waals surface area contributed by atoms with E-state index >= 15 is 0 Å². The number of carbonyl (C=O) groups is 1. The number of rotatable bonds is 4. The zero-order valence-corrected chi connectivity index (χ0v) is 10.4. The van der Waals surface area contributed by atoms with E-state index < -0.39 is 0 Å². The molecule has 88 valence electrons. The molecule has 0 spiro atoms. The lowest BCUT2D eigenvalue weighted by molar-refractivity contribution is -0.145. The van der Waals surface area contributed by atoms with Gasteiger partial charge in [0.1, 0.15) is 6.54 Å². The quantitative estimate of drug-likeness (QED) is 0.731. The fraction of sp³-hybridized carbons (Fsp3) is 0.462. The van der Waals surface area contributed by atoms with Gasteiger partial charge in [-0.25, -0.2) is 0 Å². The van der Waals surface area contributed by atoms with Crippen molar-refractivity contribution in [3.63, 3.8) is 0 Å². The van der Waals surface area contributed by atoms with Gasteiger partial charge in [0.2, 0.25) is 0 Å². The van der Waals surface area contributed by atoms with Crippen LogP contribution >= 0.6 is 0 Å². The second kappa shape index (κ2) is 5.54. The fourth-order valence-corrected chi connectivity index (χ4v) is 1.38. The highest BCUT2D eigenvalue weighted by atomic mass is 16.5. The highest BCUT2D eigenvalue weighted by molar-refractivity contribution is 5.75. The Hall–Kier alpha value is -1.51. The molecule has 0 radical (unpaired) electrons. The van der Waals surface area contributed by atoms with Gasteiger partial charge in [0.25, 0.3) is 0 Å². The molecular weight excluding hydrogens is 202 g/mol. The van der Waals surface area contributed by atoms with E-state index in [1.807, 2.05) is 57.0 Å². The van der Waals surface area contributed by atoms with Gasteiger partial charge in [-0.05, 0) is 32.9 Å². The summed E-state index contributed by atoms with van der Waals surface area (Å²) in [6, 6.07) is 8.05. The maximum absolute atomic E-state index is 11.4. The SMILES string of the molecule is Cc1ccc(N(C)CC(=O)OC(C)C)cc1. The van der Waals surface area contributed by atoms with E-state index in [0.29, 0.717) is 0 Å². The van der Waals surface area contributed by atoms with Crippen molar-refractivity contribution in [2.45, 2.75) is 26.9 Å². The topological polar surface area (TPSA) is 29.5 Å². The van der Waals surface area contributed by atoms with Crippen LogP contribution in [-0.4, -0.2) is 25.7 Å². The molecule has 0 atom stereocenters. The van der Waals surface area contributed by atoms with Crippen LogP contribution in [0.2, 0.25) is 0 Å². The van der Waals surface area contributed by atoms with Crippen LogP contribution < -0.4 is 4.90 Å². The standard InChI is InChI=1S/C13H19NO2/c1-10(2)16-13(15)9-14(4)12-7-5-11(3)6-8-12/h5-8,10H,9H2,1-4H3. The van der Waals surface area contributed by atoms with Crippen LogP contribution in [0.3, 0.4) is 0 Å². The van der Waals surface area contributed by atoms with Crippen molar-refractivity contribution >= 4 is 11.7 Å². The molecule has 0 aliphatic heterocycles. The zero-order chi connectivity index (χ0) is 12.1. The van der Waals surface area contributed by atoms with E-state index in [1.54, 1.807) is 0 Å². The van der Waals surface area contributed by atoms with Gasteiger partial charge in [-0.1, -0.05) is 17.7 Å². The van der Waals surface area contributed by atoms with E-state index in [0.717, 1.165) is 5.69 Å². The second-order valence-electron chi connectivity index (χ2n) is 4.23. The Kier molecular flexibility index (Phi) is 4.35. The Bertz CT molecular complexity index is 343. The Labute approximate surface area is 97.0 Å². The van der Waals surface area contributed by atoms with Crippen LogP contribution in [0.4, 0.5) is 5.69 Å². The number of hydrogen-bond acceptors (Lipinski definition) is 3. The summed E-state index contributed by atoms with van der Waals surface area (Å²) in [5, 5.41) is 0. The molecule has 1 aromatic carbocycles. The lowest BCUT2D eigenvalue weighted by Crippen LogP contribution is -2.28. The average molecular weight is 221 g/mol. The highest BCUT2D eigenvalue weighted by Gasteiger charge is 2.09. The van der Waals surface area contributed by atoms with Crippen LogP contribution in [0.25, 0.3) is 0 Å². The lowest BCUT2D eigenvalue weighted by atomic mass is 10.2. The van der Waals surface area contributed by atoms with Crippen molar-refractivity contribution in [1.29, 1.82) is 0 Å². The molecule has 0 bridgehead atoms. The predicted octanol–water partition coefficient (Wildman–Crippen LogP) is 2.38. The molecule has 0 N–H and O–H groups in total. The van der Waals surface area contributed by atoms with Crippen molar-refractivity contribution in [1.82, 2.24) is 0 Å². The van der Waals surface area contributed by atoms with Crippen LogP contribution in [-0.2, 0) is 9.53 Å². The molecule has 0 fully saturated rings. The first-order valence-corrected chi connectivity index (χ1v) is 5.46. The summed E-state index contributed by atoms with van der Waals surface area (Å²) in [5.41, 5.74) is 2.23. The van der Waals surface area contributed by atoms with Gasteiger partial charge in [-0.3, -0.25) is 4.79 Å². The number of benzene rings is 1. The van der Waals surface area contributed by atoms with Gasteiger partial charge in [-0.15, -0.1) is 0 Å². The lowest BCUT2D eigenvalue weighted by Gasteiger charge is -2.19. The summed E-state index contributed by atoms with van der Waals surface area (Å²) in [7, 11) is 1.88. The first-order chi connectivity index (χ1) is 7.49. The highest BCUT2D eigenvalue weighted by Crippen LogP contribution is 2.13. The molecule has 0 aliphatic carbocycles. The number of aryl methyl sites for hydroxylation is 1. The van der Waals surface area contributed by atoms with Gasteiger partial charge < -0.3 is 9.64 Å². The first-order valence-electron chi connectivity index (χ1n) is 5.46. The average Bonchev–Trinajstić information content (AvgIpc) is 2.16. The smallest absolute Gasteiger partial charge is 0.325 e. The van der Waals surface area contributed by atoms with Gasteiger partial charge in [0.05, 0.1) is 6.10 Å². The first kappa shape index (κ1) is 12.6. The van der Waals surface area contributed by atoms with Crippen LogP contribution in [0.15, 0.2) is 24.3 Å². The minimum atomic E-state index is -0.196. The fourth-order valence-electron chi connectivity index (χ4n) is 1.38. The summed E-state index contributed by atoms with van der Waals surface area (Å²) in [6.45, 7) is 6.02. The van der Waals surface area contributed by atoms with Gasteiger partial charge in [0.15, 0.2) is 0 Å². The van der Waals surface area contributed by atoms with Crippen LogP contribution in [0.1, 0.15) is 19.4 Å². The number of esters is 1. The Morgan fingerprint density at radius 1 is 1.31 bits per heavy atom. The van der Waals surface area contributed by atoms with E-state index in [2.05, 4.69) is 0 Å². The molecule has 1 aromatic rings. The summed E-state index contributed by atoms with van der Waals surface area (Å²) in [6.07, 6.45) is -0.0566. The maximum Gasteiger partial charge on any atom is 0.325 e. The van der Waals surface area contributed by atoms with Crippen molar-refractivity contribution in [2.75, 3.05) is 18.5 Å². The van der Waals surface area contributed by atoms with Crippen LogP contribution in [0, 0.1) is 6.92 Å². The third-order valence-electron chi connectivity index (χ3n) is 2.21. The number of nitrogens with zero attached hydrogens (tertiary/aromatic N) is 1. The number of likely N-dealkylation sites (N-methyl/N-ethyl adjacent to an activating group) is 1. The molecule has 0 unspecified atom stereocenters. The normalized spacial score (nSPS) is 10.3. The van der Waals surface area contributed by atoms with E-state index in [-0.39, 0.29) is 18.6 Å². The second-order valence-corrected chi connectivity index (χ2v) is 4.23. The number of anilines is 1. The molecule has 16 heavy (non-hydrogen) atoms. The monoisotopic (exact) mass is 221 g/mol. The Morgan fingerprint density at radius 2 is 1.88 bits per heavy atom. The summed E-state index contributed by atoms with van der Waals surface area (Å²) in [4.78, 5) is 13.3. The van der Waals surface area contributed by atoms with Crippen molar-refractivity contribution < 1.29 is 9.53 Å². The summed E-state index contributed by atoms with van der Waals surface area (Å²) < 4.78 is 5.09. The molecule has 3 heteroatoms. The molecule has 0 heterocycles. The van der Waals surface area contributed by atoms with Gasteiger partial charge >= 0.3 is 5.97 Å². The van der Waals surface area contributed by atoms with E-state index in [4.69, 9.17) is 4.74 Å². The molecule has 0 aliphatic rings. The van der Waals surface area contributed by atoms with Gasteiger partial charge in [-0.2, -0.15) is 0 Å². The third kappa shape index (κ3) is 3.93. The molecule has 3 nitrogen and oxygen atoms in total. The maximum atomic E-state index is 11.4. The Balaban J connectivity index is 2.55. The van der Waals surface area contributed by atoms with Crippen molar-refractivity contribution in [2.24, 2.45) is 0 Å². The molecule has 0 saturated heterocycles. The minimum absolute atomic E-state index is 0.0566. The molecule has 0 aromatic heterocycles. The summed E-state index contributed by atoms with van der Waals surface area (Å²) >= 11 is 0. The van der Waals surface area contributed by atoms with Gasteiger partial charge in [0, 0.05) is 12.7 Å². The Morgan fingerprint density at radius 3 is 2.38 bits per heavy atom. The van der Waals surface area contributed by atoms with E-state index in [9.17, 15) is 4.79 Å². The third-order valence-corrected chi connectivity index (χ3v) is 2.21. The summed E-state index contributed by atoms with van der Waals surface area (Å²) in [5.74, 6) is -0.196. The molecule has 1 rings (SSSR count). The molecular formula is C13H19NO2. The van der Waals surface area contributed by atoms with Crippen molar-refractivity contribution in [3.8, 4) is 0 Å². The number of ether oxygens (including phenoxy) is 1. The largest absolute Gasteiger partial charge is 0.462 e. The van der Waals surface area contributed by atoms with Crippen LogP contribution in [0.5, 0.6) is 0 Å². The zero-order valence-electron chi connectivity index (χ0n) is 10.4. The molecule has 0 saturated carbocycles.